The monoisotopic (exact) mass is 318 g/mol. The molecule has 5 heteroatoms. The van der Waals surface area contributed by atoms with E-state index in [-0.39, 0.29) is 10.8 Å². The summed E-state index contributed by atoms with van der Waals surface area (Å²) in [7, 11) is 0. The lowest BCUT2D eigenvalue weighted by Gasteiger charge is -2.10. The van der Waals surface area contributed by atoms with Crippen molar-refractivity contribution in [2.45, 2.75) is 31.6 Å². The summed E-state index contributed by atoms with van der Waals surface area (Å²) in [6, 6.07) is 11.8. The summed E-state index contributed by atoms with van der Waals surface area (Å²) >= 11 is 0. The molecule has 0 aliphatic heterocycles. The van der Waals surface area contributed by atoms with Gasteiger partial charge in [0.05, 0.1) is 28.9 Å². The van der Waals surface area contributed by atoms with E-state index in [1.165, 1.54) is 6.07 Å². The third-order valence-electron chi connectivity index (χ3n) is 5.64. The Kier molecular flexibility index (Phi) is 2.40. The van der Waals surface area contributed by atoms with Crippen LogP contribution in [0.4, 0.5) is 4.39 Å². The number of rotatable bonds is 2. The molecule has 2 aromatic heterocycles. The fraction of sp³-hybridized carbons (Fsp3) is 0.316. The van der Waals surface area contributed by atoms with E-state index in [4.69, 9.17) is 0 Å². The van der Waals surface area contributed by atoms with Crippen LogP contribution < -0.4 is 0 Å². The quantitative estimate of drug-likeness (QED) is 0.675. The molecule has 0 saturated heterocycles. The van der Waals surface area contributed by atoms with Crippen molar-refractivity contribution in [3.05, 3.63) is 53.7 Å². The van der Waals surface area contributed by atoms with Gasteiger partial charge in [0.15, 0.2) is 0 Å². The van der Waals surface area contributed by atoms with Crippen LogP contribution in [-0.4, -0.2) is 14.8 Å². The molecule has 2 heterocycles. The third-order valence-corrected chi connectivity index (χ3v) is 5.64. The lowest BCUT2D eigenvalue weighted by atomic mass is 9.93. The molecule has 24 heavy (non-hydrogen) atoms. The summed E-state index contributed by atoms with van der Waals surface area (Å²) in [5.41, 5.74) is 3.10. The SMILES string of the molecule is Cc1cc(-n2ncc3ccc([C@@]4(C#N)CC45CC5)cc32)cc(F)n1. The molecule has 5 rings (SSSR count). The number of hydrogen-bond acceptors (Lipinski definition) is 3. The number of nitriles is 1. The van der Waals surface area contributed by atoms with Crippen LogP contribution in [0.25, 0.3) is 16.6 Å². The maximum absolute atomic E-state index is 13.7. The number of nitrogens with zero attached hydrogens (tertiary/aromatic N) is 4. The Morgan fingerprint density at radius 2 is 2.08 bits per heavy atom. The van der Waals surface area contributed by atoms with E-state index < -0.39 is 5.95 Å². The van der Waals surface area contributed by atoms with E-state index in [0.717, 1.165) is 35.7 Å². The van der Waals surface area contributed by atoms with Gasteiger partial charge in [-0.05, 0) is 49.3 Å². The van der Waals surface area contributed by atoms with Gasteiger partial charge >= 0.3 is 0 Å². The molecular weight excluding hydrogens is 303 g/mol. The Morgan fingerprint density at radius 3 is 2.75 bits per heavy atom. The van der Waals surface area contributed by atoms with Gasteiger partial charge < -0.3 is 0 Å². The Morgan fingerprint density at radius 1 is 1.25 bits per heavy atom. The third kappa shape index (κ3) is 1.66. The number of halogens is 1. The molecule has 118 valence electrons. The number of hydrogen-bond donors (Lipinski definition) is 0. The Hall–Kier alpha value is -2.74. The highest BCUT2D eigenvalue weighted by Gasteiger charge is 2.75. The number of benzene rings is 1. The molecule has 2 aliphatic rings. The van der Waals surface area contributed by atoms with E-state index in [1.54, 1.807) is 17.8 Å². The van der Waals surface area contributed by atoms with Gasteiger partial charge in [0.1, 0.15) is 0 Å². The summed E-state index contributed by atoms with van der Waals surface area (Å²) in [6.07, 6.45) is 5.02. The molecule has 0 unspecified atom stereocenters. The van der Waals surface area contributed by atoms with Crippen LogP contribution in [0, 0.1) is 29.6 Å². The topological polar surface area (TPSA) is 54.5 Å². The van der Waals surface area contributed by atoms with Crippen LogP contribution in [0.5, 0.6) is 0 Å². The smallest absolute Gasteiger partial charge is 0.215 e. The first-order valence-electron chi connectivity index (χ1n) is 8.11. The highest BCUT2D eigenvalue weighted by Crippen LogP contribution is 2.78. The van der Waals surface area contributed by atoms with Gasteiger partial charge in [-0.2, -0.15) is 14.8 Å². The van der Waals surface area contributed by atoms with Gasteiger partial charge in [0.2, 0.25) is 5.95 Å². The second kappa shape index (κ2) is 4.21. The predicted molar refractivity (Wildman–Crippen MR) is 87.1 cm³/mol. The molecule has 1 spiro atoms. The second-order valence-electron chi connectivity index (χ2n) is 7.09. The van der Waals surface area contributed by atoms with Crippen LogP contribution in [0.15, 0.2) is 36.5 Å². The molecule has 0 bridgehead atoms. The largest absolute Gasteiger partial charge is 0.233 e. The maximum Gasteiger partial charge on any atom is 0.215 e. The Labute approximate surface area is 138 Å². The van der Waals surface area contributed by atoms with Crippen LogP contribution in [0.1, 0.15) is 30.5 Å². The van der Waals surface area contributed by atoms with Crippen molar-refractivity contribution >= 4 is 10.9 Å². The van der Waals surface area contributed by atoms with E-state index in [0.29, 0.717) is 11.4 Å². The lowest BCUT2D eigenvalue weighted by Crippen LogP contribution is -2.08. The average Bonchev–Trinajstić information content (AvgIpc) is 3.43. The molecule has 1 atom stereocenters. The fourth-order valence-electron chi connectivity index (χ4n) is 4.07. The van der Waals surface area contributed by atoms with Gasteiger partial charge in [-0.3, -0.25) is 0 Å². The van der Waals surface area contributed by atoms with Crippen molar-refractivity contribution < 1.29 is 4.39 Å². The van der Waals surface area contributed by atoms with Crippen molar-refractivity contribution in [1.82, 2.24) is 14.8 Å². The minimum absolute atomic E-state index is 0.222. The van der Waals surface area contributed by atoms with E-state index in [2.05, 4.69) is 16.2 Å². The van der Waals surface area contributed by atoms with Crippen molar-refractivity contribution in [2.24, 2.45) is 5.41 Å². The maximum atomic E-state index is 13.7. The molecular formula is C19H15FN4. The number of pyridine rings is 1. The first-order chi connectivity index (χ1) is 11.6. The van der Waals surface area contributed by atoms with Gasteiger partial charge in [0.25, 0.3) is 0 Å². The minimum atomic E-state index is -0.516. The fourth-order valence-corrected chi connectivity index (χ4v) is 4.07. The molecule has 0 amide bonds. The summed E-state index contributed by atoms with van der Waals surface area (Å²) in [6.45, 7) is 1.76. The summed E-state index contributed by atoms with van der Waals surface area (Å²) in [5.74, 6) is -0.516. The van der Waals surface area contributed by atoms with Crippen molar-refractivity contribution in [2.75, 3.05) is 0 Å². The van der Waals surface area contributed by atoms with Gasteiger partial charge in [-0.25, -0.2) is 9.67 Å². The van der Waals surface area contributed by atoms with Crippen molar-refractivity contribution in [1.29, 1.82) is 5.26 Å². The Balaban J connectivity index is 1.69. The summed E-state index contributed by atoms with van der Waals surface area (Å²) < 4.78 is 15.4. The zero-order valence-electron chi connectivity index (χ0n) is 13.3. The molecule has 1 aromatic carbocycles. The molecule has 2 fully saturated rings. The van der Waals surface area contributed by atoms with Crippen LogP contribution >= 0.6 is 0 Å². The Bertz CT molecular complexity index is 1020. The van der Waals surface area contributed by atoms with Crippen LogP contribution in [-0.2, 0) is 5.41 Å². The van der Waals surface area contributed by atoms with Gasteiger partial charge in [-0.15, -0.1) is 0 Å². The summed E-state index contributed by atoms with van der Waals surface area (Å²) in [4.78, 5) is 3.78. The standard InChI is InChI=1S/C19H15FN4/c1-12-6-15(8-17(20)23-12)24-16-7-14(3-2-13(16)9-22-24)19(11-21)10-18(19)4-5-18/h2-3,6-9H,4-5,10H2,1H3/t19-/m0/s1. The van der Waals surface area contributed by atoms with Crippen LogP contribution in [0.3, 0.4) is 0 Å². The van der Waals surface area contributed by atoms with Gasteiger partial charge in [0, 0.05) is 17.1 Å². The summed E-state index contributed by atoms with van der Waals surface area (Å²) in [5, 5.41) is 15.1. The first kappa shape index (κ1) is 13.7. The van der Waals surface area contributed by atoms with Crippen molar-refractivity contribution in [3.63, 3.8) is 0 Å². The molecule has 3 aromatic rings. The average molecular weight is 318 g/mol. The molecule has 0 radical (unpaired) electrons. The number of aryl methyl sites for hydroxylation is 1. The van der Waals surface area contributed by atoms with Crippen LogP contribution in [0.2, 0.25) is 0 Å². The number of aromatic nitrogens is 3. The normalized spacial score (nSPS) is 23.4. The van der Waals surface area contributed by atoms with Gasteiger partial charge in [-0.1, -0.05) is 12.1 Å². The zero-order valence-corrected chi connectivity index (χ0v) is 13.3. The number of fused-ring (bicyclic) bond motifs is 1. The first-order valence-corrected chi connectivity index (χ1v) is 8.11. The van der Waals surface area contributed by atoms with Crippen molar-refractivity contribution in [3.8, 4) is 11.8 Å². The second-order valence-corrected chi connectivity index (χ2v) is 7.09. The van der Waals surface area contributed by atoms with E-state index in [9.17, 15) is 9.65 Å². The molecule has 2 saturated carbocycles. The zero-order chi connectivity index (χ0) is 16.5. The lowest BCUT2D eigenvalue weighted by molar-refractivity contribution is 0.578. The molecule has 0 N–H and O–H groups in total. The van der Waals surface area contributed by atoms with E-state index >= 15 is 0 Å². The van der Waals surface area contributed by atoms with E-state index in [1.807, 2.05) is 24.3 Å². The predicted octanol–water partition coefficient (Wildman–Crippen LogP) is 3.81. The highest BCUT2D eigenvalue weighted by atomic mass is 19.1. The highest BCUT2D eigenvalue weighted by molar-refractivity contribution is 5.82. The minimum Gasteiger partial charge on any atom is -0.233 e. The molecule has 2 aliphatic carbocycles. The molecule has 4 nitrogen and oxygen atoms in total.